The number of fused-ring (bicyclic) bond motifs is 1. The van der Waals surface area contributed by atoms with Gasteiger partial charge in [-0.1, -0.05) is 45.9 Å². The quantitative estimate of drug-likeness (QED) is 0.413. The first-order chi connectivity index (χ1) is 11.7. The molecular weight excluding hydrogens is 344 g/mol. The van der Waals surface area contributed by atoms with E-state index in [1.165, 1.54) is 0 Å². The lowest BCUT2D eigenvalue weighted by atomic mass is 9.98. The van der Waals surface area contributed by atoms with Crippen molar-refractivity contribution in [2.75, 3.05) is 31.8 Å². The Bertz CT molecular complexity index is 675. The number of hydrogen-bond donors (Lipinski definition) is 1. The molecule has 130 valence electrons. The molecule has 0 fully saturated rings. The summed E-state index contributed by atoms with van der Waals surface area (Å²) in [5.74, 6) is 1.72. The van der Waals surface area contributed by atoms with Crippen LogP contribution in [-0.2, 0) is 9.53 Å². The first kappa shape index (κ1) is 19.0. The van der Waals surface area contributed by atoms with E-state index in [1.54, 1.807) is 28.7 Å². The molecule has 0 aliphatic heterocycles. The van der Waals surface area contributed by atoms with E-state index in [0.717, 1.165) is 27.8 Å². The number of esters is 1. The van der Waals surface area contributed by atoms with Crippen molar-refractivity contribution >= 4 is 38.3 Å². The molecule has 0 aliphatic rings. The lowest BCUT2D eigenvalue weighted by Crippen LogP contribution is -2.14. The van der Waals surface area contributed by atoms with Crippen molar-refractivity contribution in [1.29, 1.82) is 0 Å². The van der Waals surface area contributed by atoms with Crippen LogP contribution in [-0.4, -0.2) is 42.9 Å². The zero-order valence-electron chi connectivity index (χ0n) is 13.9. The van der Waals surface area contributed by atoms with E-state index in [0.29, 0.717) is 12.4 Å². The molecule has 0 radical (unpaired) electrons. The Hall–Kier alpha value is -1.37. The molecule has 0 bridgehead atoms. The van der Waals surface area contributed by atoms with Gasteiger partial charge >= 0.3 is 5.97 Å². The van der Waals surface area contributed by atoms with E-state index in [2.05, 4.69) is 0 Å². The molecule has 0 heterocycles. The fourth-order valence-corrected chi connectivity index (χ4v) is 3.83. The van der Waals surface area contributed by atoms with E-state index < -0.39 is 0 Å². The molecule has 0 saturated carbocycles. The number of carbonyl (C=O) groups excluding carboxylic acids is 1. The van der Waals surface area contributed by atoms with Crippen LogP contribution >= 0.6 is 21.6 Å². The summed E-state index contributed by atoms with van der Waals surface area (Å²) in [5.41, 5.74) is 0.944. The fraction of sp³-hybridized carbons (Fsp3) is 0.389. The van der Waals surface area contributed by atoms with Crippen LogP contribution in [0.3, 0.4) is 0 Å². The molecule has 2 rings (SSSR count). The summed E-state index contributed by atoms with van der Waals surface area (Å²) in [6, 6.07) is 11.9. The SMILES string of the molecule is COc1ccc2cc([C@H](C)C(=O)OCCSSCCO)ccc2c1. The number of aliphatic hydroxyl groups is 1. The molecule has 4 nitrogen and oxygen atoms in total. The van der Waals surface area contributed by atoms with Gasteiger partial charge in [-0.05, 0) is 35.4 Å². The van der Waals surface area contributed by atoms with Gasteiger partial charge in [-0.3, -0.25) is 4.79 Å². The molecule has 1 atom stereocenters. The van der Waals surface area contributed by atoms with Gasteiger partial charge in [0.25, 0.3) is 0 Å². The minimum absolute atomic E-state index is 0.169. The number of carbonyl (C=O) groups is 1. The van der Waals surface area contributed by atoms with Crippen LogP contribution in [0, 0.1) is 0 Å². The molecule has 0 spiro atoms. The van der Waals surface area contributed by atoms with E-state index in [4.69, 9.17) is 14.6 Å². The third-order valence-corrected chi connectivity index (χ3v) is 5.94. The second kappa shape index (κ2) is 9.81. The summed E-state index contributed by atoms with van der Waals surface area (Å²) in [6.07, 6.45) is 0. The van der Waals surface area contributed by atoms with Gasteiger partial charge in [0.1, 0.15) is 12.4 Å². The van der Waals surface area contributed by atoms with Crippen LogP contribution in [0.25, 0.3) is 10.8 Å². The minimum atomic E-state index is -0.299. The second-order valence-corrected chi connectivity index (χ2v) is 7.93. The molecule has 0 aliphatic carbocycles. The molecule has 2 aromatic rings. The number of ether oxygens (including phenoxy) is 2. The highest BCUT2D eigenvalue weighted by Gasteiger charge is 2.17. The Morgan fingerprint density at radius 2 is 1.83 bits per heavy atom. The van der Waals surface area contributed by atoms with Crippen molar-refractivity contribution in [2.24, 2.45) is 0 Å². The Kier molecular flexibility index (Phi) is 7.75. The van der Waals surface area contributed by atoms with Crippen LogP contribution < -0.4 is 4.74 Å². The van der Waals surface area contributed by atoms with Crippen molar-refractivity contribution in [3.05, 3.63) is 42.0 Å². The summed E-state index contributed by atoms with van der Waals surface area (Å²) in [7, 11) is 4.83. The molecule has 0 saturated heterocycles. The van der Waals surface area contributed by atoms with Crippen molar-refractivity contribution in [3.8, 4) is 5.75 Å². The Labute approximate surface area is 150 Å². The number of hydrogen-bond acceptors (Lipinski definition) is 6. The van der Waals surface area contributed by atoms with E-state index in [-0.39, 0.29) is 18.5 Å². The monoisotopic (exact) mass is 366 g/mol. The molecular formula is C18H22O4S2. The number of benzene rings is 2. The summed E-state index contributed by atoms with van der Waals surface area (Å²) in [4.78, 5) is 12.2. The van der Waals surface area contributed by atoms with Gasteiger partial charge < -0.3 is 14.6 Å². The minimum Gasteiger partial charge on any atom is -0.497 e. The smallest absolute Gasteiger partial charge is 0.313 e. The maximum absolute atomic E-state index is 12.2. The van der Waals surface area contributed by atoms with E-state index in [9.17, 15) is 4.79 Å². The van der Waals surface area contributed by atoms with E-state index >= 15 is 0 Å². The fourth-order valence-electron chi connectivity index (χ4n) is 2.23. The normalized spacial score (nSPS) is 12.1. The number of aliphatic hydroxyl groups excluding tert-OH is 1. The first-order valence-electron chi connectivity index (χ1n) is 7.75. The van der Waals surface area contributed by atoms with Crippen LogP contribution in [0.5, 0.6) is 5.75 Å². The average Bonchev–Trinajstić information content (AvgIpc) is 2.62. The van der Waals surface area contributed by atoms with Gasteiger partial charge in [-0.15, -0.1) is 0 Å². The molecule has 1 N–H and O–H groups in total. The molecule has 0 unspecified atom stereocenters. The Morgan fingerprint density at radius 3 is 2.58 bits per heavy atom. The topological polar surface area (TPSA) is 55.8 Å². The first-order valence-corrected chi connectivity index (χ1v) is 10.2. The van der Waals surface area contributed by atoms with Crippen molar-refractivity contribution in [2.45, 2.75) is 12.8 Å². The molecule has 0 aromatic heterocycles. The van der Waals surface area contributed by atoms with Crippen molar-refractivity contribution in [1.82, 2.24) is 0 Å². The average molecular weight is 367 g/mol. The van der Waals surface area contributed by atoms with Crippen molar-refractivity contribution in [3.63, 3.8) is 0 Å². The predicted molar refractivity (Wildman–Crippen MR) is 102 cm³/mol. The second-order valence-electron chi connectivity index (χ2n) is 5.23. The standard InChI is InChI=1S/C18H22O4S2/c1-13(18(20)22-8-10-24-23-9-7-19)14-3-4-16-12-17(21-2)6-5-15(16)11-14/h3-6,11-13,19H,7-10H2,1-2H3/t13-/m0/s1. The van der Waals surface area contributed by atoms with Gasteiger partial charge in [0.2, 0.25) is 0 Å². The molecule has 6 heteroatoms. The summed E-state index contributed by atoms with van der Waals surface area (Å²) >= 11 is 0. The lowest BCUT2D eigenvalue weighted by Gasteiger charge is -2.13. The zero-order chi connectivity index (χ0) is 17.4. The number of methoxy groups -OCH3 is 1. The van der Waals surface area contributed by atoms with Crippen molar-refractivity contribution < 1.29 is 19.4 Å². The maximum Gasteiger partial charge on any atom is 0.313 e. The van der Waals surface area contributed by atoms with Gasteiger partial charge in [-0.2, -0.15) is 0 Å². The Morgan fingerprint density at radius 1 is 1.12 bits per heavy atom. The summed E-state index contributed by atoms with van der Waals surface area (Å²) < 4.78 is 10.6. The van der Waals surface area contributed by atoms with Crippen LogP contribution in [0.1, 0.15) is 18.4 Å². The highest BCUT2D eigenvalue weighted by atomic mass is 33.1. The lowest BCUT2D eigenvalue weighted by molar-refractivity contribution is -0.144. The van der Waals surface area contributed by atoms with Gasteiger partial charge in [0.05, 0.1) is 19.6 Å². The van der Waals surface area contributed by atoms with Gasteiger partial charge in [0.15, 0.2) is 0 Å². The highest BCUT2D eigenvalue weighted by molar-refractivity contribution is 8.76. The zero-order valence-corrected chi connectivity index (χ0v) is 15.5. The predicted octanol–water partition coefficient (Wildman–Crippen LogP) is 3.87. The largest absolute Gasteiger partial charge is 0.497 e. The molecule has 0 amide bonds. The third-order valence-electron chi connectivity index (χ3n) is 3.59. The van der Waals surface area contributed by atoms with Crippen LogP contribution in [0.4, 0.5) is 0 Å². The third kappa shape index (κ3) is 5.33. The maximum atomic E-state index is 12.2. The highest BCUT2D eigenvalue weighted by Crippen LogP contribution is 2.26. The van der Waals surface area contributed by atoms with Crippen LogP contribution in [0.2, 0.25) is 0 Å². The molecule has 24 heavy (non-hydrogen) atoms. The molecule has 2 aromatic carbocycles. The number of rotatable bonds is 9. The van der Waals surface area contributed by atoms with E-state index in [1.807, 2.05) is 43.3 Å². The summed E-state index contributed by atoms with van der Waals surface area (Å²) in [6.45, 7) is 2.42. The van der Waals surface area contributed by atoms with Gasteiger partial charge in [-0.25, -0.2) is 0 Å². The summed E-state index contributed by atoms with van der Waals surface area (Å²) in [5, 5.41) is 10.8. The van der Waals surface area contributed by atoms with Crippen LogP contribution in [0.15, 0.2) is 36.4 Å². The Balaban J connectivity index is 1.92. The van der Waals surface area contributed by atoms with Gasteiger partial charge in [0, 0.05) is 11.5 Å².